The molecule has 0 saturated carbocycles. The van der Waals surface area contributed by atoms with E-state index in [0.717, 1.165) is 12.0 Å². The van der Waals surface area contributed by atoms with Crippen molar-refractivity contribution in [3.63, 3.8) is 0 Å². The Morgan fingerprint density at radius 3 is 2.80 bits per heavy atom. The molecule has 0 amide bonds. The Hall–Kier alpha value is -1.83. The summed E-state index contributed by atoms with van der Waals surface area (Å²) in [5.74, 6) is 0.620. The molecule has 0 spiro atoms. The van der Waals surface area contributed by atoms with E-state index in [0.29, 0.717) is 21.6 Å². The van der Waals surface area contributed by atoms with Gasteiger partial charge in [0.2, 0.25) is 0 Å². The second kappa shape index (κ2) is 6.56. The van der Waals surface area contributed by atoms with E-state index in [9.17, 15) is 0 Å². The lowest BCUT2D eigenvalue weighted by molar-refractivity contribution is 0.783. The van der Waals surface area contributed by atoms with Crippen molar-refractivity contribution in [1.82, 2.24) is 9.97 Å². The molecule has 6 heteroatoms. The molecule has 102 valence electrons. The van der Waals surface area contributed by atoms with Gasteiger partial charge in [-0.05, 0) is 31.0 Å². The Bertz CT molecular complexity index is 652. The molecule has 1 heterocycles. The number of nitrogens with zero attached hydrogens (tertiary/aromatic N) is 3. The minimum atomic E-state index is 0.107. The molecular weight excluding hydrogens is 295 g/mol. The summed E-state index contributed by atoms with van der Waals surface area (Å²) >= 11 is 12.0. The summed E-state index contributed by atoms with van der Waals surface area (Å²) in [5.41, 5.74) is 1.34. The summed E-state index contributed by atoms with van der Waals surface area (Å²) in [7, 11) is 0. The lowest BCUT2D eigenvalue weighted by Gasteiger charge is -2.15. The van der Waals surface area contributed by atoms with E-state index in [1.54, 1.807) is 12.1 Å². The van der Waals surface area contributed by atoms with Gasteiger partial charge in [0.15, 0.2) is 0 Å². The fraction of sp³-hybridized carbons (Fsp3) is 0.214. The van der Waals surface area contributed by atoms with Crippen LogP contribution in [0.1, 0.15) is 18.2 Å². The Morgan fingerprint density at radius 2 is 2.10 bits per heavy atom. The van der Waals surface area contributed by atoms with Crippen LogP contribution in [0.2, 0.25) is 10.0 Å². The molecule has 4 nitrogen and oxygen atoms in total. The van der Waals surface area contributed by atoms with Crippen LogP contribution in [0.15, 0.2) is 30.6 Å². The van der Waals surface area contributed by atoms with E-state index in [-0.39, 0.29) is 6.04 Å². The van der Waals surface area contributed by atoms with Crippen molar-refractivity contribution in [3.8, 4) is 6.07 Å². The third-order valence-corrected chi connectivity index (χ3v) is 3.30. The molecule has 0 bridgehead atoms. The number of nitrogens with one attached hydrogen (secondary N) is 1. The molecule has 0 aliphatic carbocycles. The quantitative estimate of drug-likeness (QED) is 0.935. The van der Waals surface area contributed by atoms with Crippen LogP contribution in [-0.2, 0) is 6.42 Å². The number of benzene rings is 1. The minimum absolute atomic E-state index is 0.107. The summed E-state index contributed by atoms with van der Waals surface area (Å²) in [4.78, 5) is 7.90. The fourth-order valence-corrected chi connectivity index (χ4v) is 2.30. The van der Waals surface area contributed by atoms with Crippen LogP contribution in [0.4, 0.5) is 5.82 Å². The van der Waals surface area contributed by atoms with Crippen molar-refractivity contribution in [1.29, 1.82) is 5.26 Å². The maximum absolute atomic E-state index is 8.80. The number of rotatable bonds is 4. The first-order valence-corrected chi connectivity index (χ1v) is 6.76. The molecular formula is C14H12Cl2N4. The molecule has 1 unspecified atom stereocenters. The van der Waals surface area contributed by atoms with Gasteiger partial charge in [-0.3, -0.25) is 0 Å². The number of nitriles is 1. The minimum Gasteiger partial charge on any atom is -0.367 e. The predicted octanol–water partition coefficient (Wildman–Crippen LogP) is 3.70. The van der Waals surface area contributed by atoms with Gasteiger partial charge in [0.05, 0.1) is 0 Å². The third-order valence-electron chi connectivity index (χ3n) is 2.72. The largest absolute Gasteiger partial charge is 0.367 e. The van der Waals surface area contributed by atoms with Gasteiger partial charge in [0, 0.05) is 22.2 Å². The molecule has 0 radical (unpaired) electrons. The summed E-state index contributed by atoms with van der Waals surface area (Å²) in [5, 5.41) is 13.3. The van der Waals surface area contributed by atoms with Gasteiger partial charge >= 0.3 is 0 Å². The first kappa shape index (κ1) is 14.6. The van der Waals surface area contributed by atoms with Crippen LogP contribution < -0.4 is 5.32 Å². The van der Waals surface area contributed by atoms with Crippen LogP contribution in [0, 0.1) is 11.3 Å². The van der Waals surface area contributed by atoms with Gasteiger partial charge in [-0.15, -0.1) is 0 Å². The molecule has 2 rings (SSSR count). The van der Waals surface area contributed by atoms with Gasteiger partial charge in [-0.25, -0.2) is 9.97 Å². The molecule has 1 N–H and O–H groups in total. The average molecular weight is 307 g/mol. The van der Waals surface area contributed by atoms with Gasteiger partial charge in [0.1, 0.15) is 23.9 Å². The SMILES string of the molecule is CC(Cc1ccc(Cl)cc1Cl)Nc1cc(C#N)ncn1. The molecule has 0 saturated heterocycles. The molecule has 1 aromatic carbocycles. The standard InChI is InChI=1S/C14H12Cl2N4/c1-9(4-10-2-3-11(15)5-13(10)16)20-14-6-12(7-17)18-8-19-14/h2-3,5-6,8-9H,4H2,1H3,(H,18,19,20). The van der Waals surface area contributed by atoms with E-state index in [2.05, 4.69) is 15.3 Å². The molecule has 1 aromatic heterocycles. The molecule has 2 aromatic rings. The fourth-order valence-electron chi connectivity index (χ4n) is 1.82. The van der Waals surface area contributed by atoms with Crippen molar-refractivity contribution in [2.24, 2.45) is 0 Å². The lowest BCUT2D eigenvalue weighted by Crippen LogP contribution is -2.19. The summed E-state index contributed by atoms with van der Waals surface area (Å²) < 4.78 is 0. The molecule has 1 atom stereocenters. The zero-order valence-electron chi connectivity index (χ0n) is 10.8. The topological polar surface area (TPSA) is 61.6 Å². The zero-order valence-corrected chi connectivity index (χ0v) is 12.3. The van der Waals surface area contributed by atoms with Crippen molar-refractivity contribution in [2.45, 2.75) is 19.4 Å². The van der Waals surface area contributed by atoms with Crippen LogP contribution in [0.25, 0.3) is 0 Å². The van der Waals surface area contributed by atoms with E-state index < -0.39 is 0 Å². The number of hydrogen-bond donors (Lipinski definition) is 1. The van der Waals surface area contributed by atoms with Crippen LogP contribution in [0.5, 0.6) is 0 Å². The first-order chi connectivity index (χ1) is 9.58. The highest BCUT2D eigenvalue weighted by Crippen LogP contribution is 2.22. The molecule has 20 heavy (non-hydrogen) atoms. The van der Waals surface area contributed by atoms with Crippen molar-refractivity contribution in [2.75, 3.05) is 5.32 Å². The highest BCUT2D eigenvalue weighted by Gasteiger charge is 2.08. The lowest BCUT2D eigenvalue weighted by atomic mass is 10.1. The molecule has 0 aliphatic heterocycles. The maximum Gasteiger partial charge on any atom is 0.145 e. The summed E-state index contributed by atoms with van der Waals surface area (Å²) in [6.45, 7) is 2.01. The van der Waals surface area contributed by atoms with Crippen molar-refractivity contribution in [3.05, 3.63) is 51.9 Å². The van der Waals surface area contributed by atoms with Gasteiger partial charge in [-0.2, -0.15) is 5.26 Å². The first-order valence-electron chi connectivity index (χ1n) is 6.01. The van der Waals surface area contributed by atoms with Gasteiger partial charge < -0.3 is 5.32 Å². The zero-order chi connectivity index (χ0) is 14.5. The summed E-state index contributed by atoms with van der Waals surface area (Å²) in [6, 6.07) is 9.14. The number of anilines is 1. The normalized spacial score (nSPS) is 11.7. The van der Waals surface area contributed by atoms with Crippen molar-refractivity contribution >= 4 is 29.0 Å². The monoisotopic (exact) mass is 306 g/mol. The Morgan fingerprint density at radius 1 is 1.30 bits per heavy atom. The second-order valence-corrected chi connectivity index (χ2v) is 5.23. The van der Waals surface area contributed by atoms with Crippen molar-refractivity contribution < 1.29 is 0 Å². The number of hydrogen-bond acceptors (Lipinski definition) is 4. The predicted molar refractivity (Wildman–Crippen MR) is 80.0 cm³/mol. The third kappa shape index (κ3) is 3.83. The second-order valence-electron chi connectivity index (χ2n) is 4.39. The van der Waals surface area contributed by atoms with Gasteiger partial charge in [-0.1, -0.05) is 29.3 Å². The number of aromatic nitrogens is 2. The number of halogens is 2. The Kier molecular flexibility index (Phi) is 4.78. The van der Waals surface area contributed by atoms with Crippen LogP contribution >= 0.6 is 23.2 Å². The average Bonchev–Trinajstić information content (AvgIpc) is 2.42. The van der Waals surface area contributed by atoms with E-state index in [1.165, 1.54) is 6.33 Å². The van der Waals surface area contributed by atoms with E-state index in [4.69, 9.17) is 28.5 Å². The molecule has 0 aliphatic rings. The summed E-state index contributed by atoms with van der Waals surface area (Å²) in [6.07, 6.45) is 2.09. The van der Waals surface area contributed by atoms with Gasteiger partial charge in [0.25, 0.3) is 0 Å². The van der Waals surface area contributed by atoms with E-state index >= 15 is 0 Å². The van der Waals surface area contributed by atoms with E-state index in [1.807, 2.05) is 25.1 Å². The smallest absolute Gasteiger partial charge is 0.145 e. The highest BCUT2D eigenvalue weighted by atomic mass is 35.5. The molecule has 0 fully saturated rings. The maximum atomic E-state index is 8.80. The Labute approximate surface area is 127 Å². The van der Waals surface area contributed by atoms with Crippen LogP contribution in [-0.4, -0.2) is 16.0 Å². The van der Waals surface area contributed by atoms with Crippen LogP contribution in [0.3, 0.4) is 0 Å². The highest BCUT2D eigenvalue weighted by molar-refractivity contribution is 6.35. The Balaban J connectivity index is 2.05.